The van der Waals surface area contributed by atoms with Gasteiger partial charge in [0.15, 0.2) is 0 Å². The number of halogens is 1. The highest BCUT2D eigenvalue weighted by Crippen LogP contribution is 2.36. The molecule has 1 unspecified atom stereocenters. The predicted molar refractivity (Wildman–Crippen MR) is 91.0 cm³/mol. The number of rotatable bonds is 2. The van der Waals surface area contributed by atoms with Gasteiger partial charge in [0.2, 0.25) is 0 Å². The number of nitrogens with zero attached hydrogens (tertiary/aromatic N) is 1. The van der Waals surface area contributed by atoms with E-state index in [9.17, 15) is 0 Å². The lowest BCUT2D eigenvalue weighted by Gasteiger charge is -2.30. The summed E-state index contributed by atoms with van der Waals surface area (Å²) in [5, 5.41) is 0. The molecule has 3 heteroatoms. The van der Waals surface area contributed by atoms with Gasteiger partial charge in [-0.3, -0.25) is 0 Å². The van der Waals surface area contributed by atoms with Crippen LogP contribution in [-0.4, -0.2) is 13.1 Å². The monoisotopic (exact) mass is 338 g/mol. The third-order valence-electron chi connectivity index (χ3n) is 4.56. The van der Waals surface area contributed by atoms with Crippen molar-refractivity contribution in [3.05, 3.63) is 28.2 Å². The Kier molecular flexibility index (Phi) is 5.14. The quantitative estimate of drug-likeness (QED) is 0.856. The van der Waals surface area contributed by atoms with Crippen LogP contribution in [0.25, 0.3) is 0 Å². The molecule has 1 atom stereocenters. The number of hydrogen-bond donors (Lipinski definition) is 1. The van der Waals surface area contributed by atoms with E-state index >= 15 is 0 Å². The molecule has 20 heavy (non-hydrogen) atoms. The maximum atomic E-state index is 5.90. The summed E-state index contributed by atoms with van der Waals surface area (Å²) in [7, 11) is 0. The first-order valence-electron chi connectivity index (χ1n) is 7.65. The van der Waals surface area contributed by atoms with E-state index in [1.165, 1.54) is 30.5 Å². The largest absolute Gasteiger partial charge is 0.371 e. The van der Waals surface area contributed by atoms with Crippen molar-refractivity contribution in [3.63, 3.8) is 0 Å². The first-order chi connectivity index (χ1) is 9.41. The smallest absolute Gasteiger partial charge is 0.0423 e. The maximum absolute atomic E-state index is 5.90. The van der Waals surface area contributed by atoms with Crippen LogP contribution >= 0.6 is 15.9 Å². The van der Waals surface area contributed by atoms with E-state index in [1.807, 2.05) is 0 Å². The fourth-order valence-corrected chi connectivity index (χ4v) is 3.56. The van der Waals surface area contributed by atoms with Gasteiger partial charge in [0, 0.05) is 29.8 Å². The lowest BCUT2D eigenvalue weighted by molar-refractivity contribution is 0.220. The SMILES string of the molecule is CC(C)(C)C1CCCN(c2cc(Br)ccc2CN)CC1. The molecule has 1 heterocycles. The van der Waals surface area contributed by atoms with Crippen LogP contribution in [0, 0.1) is 11.3 Å². The van der Waals surface area contributed by atoms with Crippen molar-refractivity contribution in [2.24, 2.45) is 17.1 Å². The summed E-state index contributed by atoms with van der Waals surface area (Å²) in [6.45, 7) is 10.0. The highest BCUT2D eigenvalue weighted by molar-refractivity contribution is 9.10. The van der Waals surface area contributed by atoms with Crippen LogP contribution in [-0.2, 0) is 6.54 Å². The van der Waals surface area contributed by atoms with Crippen LogP contribution in [0.1, 0.15) is 45.6 Å². The van der Waals surface area contributed by atoms with E-state index in [0.29, 0.717) is 12.0 Å². The van der Waals surface area contributed by atoms with E-state index in [-0.39, 0.29) is 0 Å². The Morgan fingerprint density at radius 3 is 2.65 bits per heavy atom. The number of hydrogen-bond acceptors (Lipinski definition) is 2. The Hall–Kier alpha value is -0.540. The molecular formula is C17H27BrN2. The Morgan fingerprint density at radius 1 is 1.25 bits per heavy atom. The Balaban J connectivity index is 2.16. The molecule has 1 saturated heterocycles. The molecule has 0 spiro atoms. The van der Waals surface area contributed by atoms with Crippen molar-refractivity contribution in [1.29, 1.82) is 0 Å². The summed E-state index contributed by atoms with van der Waals surface area (Å²) in [6, 6.07) is 6.45. The first-order valence-corrected chi connectivity index (χ1v) is 8.44. The number of anilines is 1. The Morgan fingerprint density at radius 2 is 2.00 bits per heavy atom. The fraction of sp³-hybridized carbons (Fsp3) is 0.647. The van der Waals surface area contributed by atoms with Gasteiger partial charge >= 0.3 is 0 Å². The second kappa shape index (κ2) is 6.48. The van der Waals surface area contributed by atoms with Gasteiger partial charge in [-0.1, -0.05) is 42.8 Å². The van der Waals surface area contributed by atoms with E-state index in [4.69, 9.17) is 5.73 Å². The van der Waals surface area contributed by atoms with Gasteiger partial charge in [-0.05, 0) is 48.3 Å². The topological polar surface area (TPSA) is 29.3 Å². The molecule has 0 aliphatic carbocycles. The molecule has 112 valence electrons. The fourth-order valence-electron chi connectivity index (χ4n) is 3.21. The van der Waals surface area contributed by atoms with Crippen LogP contribution < -0.4 is 10.6 Å². The molecule has 0 saturated carbocycles. The van der Waals surface area contributed by atoms with Crippen molar-refractivity contribution >= 4 is 21.6 Å². The minimum atomic E-state index is 0.421. The van der Waals surface area contributed by atoms with Gasteiger partial charge in [-0.2, -0.15) is 0 Å². The van der Waals surface area contributed by atoms with Crippen LogP contribution in [0.4, 0.5) is 5.69 Å². The summed E-state index contributed by atoms with van der Waals surface area (Å²) < 4.78 is 1.14. The van der Waals surface area contributed by atoms with Gasteiger partial charge in [-0.15, -0.1) is 0 Å². The van der Waals surface area contributed by atoms with E-state index < -0.39 is 0 Å². The van der Waals surface area contributed by atoms with Crippen molar-refractivity contribution in [1.82, 2.24) is 0 Å². The molecule has 2 nitrogen and oxygen atoms in total. The van der Waals surface area contributed by atoms with Gasteiger partial charge < -0.3 is 10.6 Å². The second-order valence-corrected chi connectivity index (χ2v) is 7.87. The summed E-state index contributed by atoms with van der Waals surface area (Å²) in [5.41, 5.74) is 8.89. The summed E-state index contributed by atoms with van der Waals surface area (Å²) >= 11 is 3.59. The molecule has 2 N–H and O–H groups in total. The standard InChI is InChI=1S/C17H27BrN2/c1-17(2,3)14-5-4-9-20(10-8-14)16-11-15(18)7-6-13(16)12-19/h6-7,11,14H,4-5,8-10,12,19H2,1-3H3. The number of nitrogens with two attached hydrogens (primary N) is 1. The van der Waals surface area contributed by atoms with Crippen molar-refractivity contribution in [3.8, 4) is 0 Å². The van der Waals surface area contributed by atoms with Crippen molar-refractivity contribution in [2.75, 3.05) is 18.0 Å². The van der Waals surface area contributed by atoms with E-state index in [1.54, 1.807) is 0 Å². The van der Waals surface area contributed by atoms with Crippen molar-refractivity contribution in [2.45, 2.75) is 46.6 Å². The molecule has 1 aromatic rings. The summed E-state index contributed by atoms with van der Waals surface area (Å²) in [5.74, 6) is 0.820. The average molecular weight is 339 g/mol. The van der Waals surface area contributed by atoms with Gasteiger partial charge in [0.1, 0.15) is 0 Å². The summed E-state index contributed by atoms with van der Waals surface area (Å²) in [4.78, 5) is 2.53. The number of benzene rings is 1. The molecule has 2 rings (SSSR count). The molecule has 1 fully saturated rings. The zero-order valence-corrected chi connectivity index (χ0v) is 14.5. The third kappa shape index (κ3) is 3.76. The molecule has 0 bridgehead atoms. The lowest BCUT2D eigenvalue weighted by atomic mass is 9.77. The molecule has 1 aliphatic heterocycles. The normalized spacial score (nSPS) is 20.9. The Labute approximate surface area is 131 Å². The zero-order chi connectivity index (χ0) is 14.8. The predicted octanol–water partition coefficient (Wildman–Crippen LogP) is 4.56. The first kappa shape index (κ1) is 15.8. The van der Waals surface area contributed by atoms with Gasteiger partial charge in [-0.25, -0.2) is 0 Å². The Bertz CT molecular complexity index is 451. The molecule has 1 aromatic carbocycles. The maximum Gasteiger partial charge on any atom is 0.0423 e. The molecule has 0 aromatic heterocycles. The van der Waals surface area contributed by atoms with Crippen LogP contribution in [0.5, 0.6) is 0 Å². The van der Waals surface area contributed by atoms with Crippen LogP contribution in [0.3, 0.4) is 0 Å². The van der Waals surface area contributed by atoms with E-state index in [2.05, 4.69) is 59.8 Å². The van der Waals surface area contributed by atoms with Gasteiger partial charge in [0.25, 0.3) is 0 Å². The third-order valence-corrected chi connectivity index (χ3v) is 5.05. The summed E-state index contributed by atoms with van der Waals surface area (Å²) in [6.07, 6.45) is 3.89. The lowest BCUT2D eigenvalue weighted by Crippen LogP contribution is -2.27. The molecule has 0 radical (unpaired) electrons. The van der Waals surface area contributed by atoms with Gasteiger partial charge in [0.05, 0.1) is 0 Å². The average Bonchev–Trinajstić information content (AvgIpc) is 2.63. The molecule has 1 aliphatic rings. The molecule has 0 amide bonds. The minimum Gasteiger partial charge on any atom is -0.371 e. The van der Waals surface area contributed by atoms with E-state index in [0.717, 1.165) is 23.5 Å². The van der Waals surface area contributed by atoms with Crippen LogP contribution in [0.15, 0.2) is 22.7 Å². The highest BCUT2D eigenvalue weighted by Gasteiger charge is 2.27. The van der Waals surface area contributed by atoms with Crippen molar-refractivity contribution < 1.29 is 0 Å². The second-order valence-electron chi connectivity index (χ2n) is 6.96. The van der Waals surface area contributed by atoms with Crippen LogP contribution in [0.2, 0.25) is 0 Å². The molecular weight excluding hydrogens is 312 g/mol. The zero-order valence-electron chi connectivity index (χ0n) is 13.0. The highest BCUT2D eigenvalue weighted by atomic mass is 79.9. The minimum absolute atomic E-state index is 0.421.